The topological polar surface area (TPSA) is 94.1 Å². The van der Waals surface area contributed by atoms with Crippen LogP contribution in [-0.2, 0) is 25.5 Å². The molecule has 0 saturated carbocycles. The standard InChI is InChI=1S/C16H19NO6/c1-16(2)22-14(19)13(15(20)23-16)9-17-11-6-10(4-5-18)7-12(8-11)21-3/h6-9,17-18H,4-5H2,1-3H3. The number of aliphatic hydroxyl groups excluding tert-OH is 1. The van der Waals surface area contributed by atoms with Crippen molar-refractivity contribution in [1.82, 2.24) is 0 Å². The molecule has 0 radical (unpaired) electrons. The van der Waals surface area contributed by atoms with Gasteiger partial charge in [0, 0.05) is 38.4 Å². The first-order valence-corrected chi connectivity index (χ1v) is 7.07. The van der Waals surface area contributed by atoms with Crippen LogP contribution in [0.25, 0.3) is 0 Å². The highest BCUT2D eigenvalue weighted by atomic mass is 16.7. The summed E-state index contributed by atoms with van der Waals surface area (Å²) in [6, 6.07) is 5.26. The SMILES string of the molecule is COc1cc(CCO)cc(NC=C2C(=O)OC(C)(C)OC2=O)c1. The molecular formula is C16H19NO6. The molecule has 0 aliphatic carbocycles. The van der Waals surface area contributed by atoms with Crippen molar-refractivity contribution in [1.29, 1.82) is 0 Å². The molecular weight excluding hydrogens is 302 g/mol. The zero-order valence-electron chi connectivity index (χ0n) is 13.2. The average Bonchev–Trinajstić information content (AvgIpc) is 2.45. The lowest BCUT2D eigenvalue weighted by molar-refractivity contribution is -0.222. The molecule has 1 aliphatic rings. The molecule has 23 heavy (non-hydrogen) atoms. The lowest BCUT2D eigenvalue weighted by Crippen LogP contribution is -2.42. The Balaban J connectivity index is 2.20. The van der Waals surface area contributed by atoms with E-state index in [9.17, 15) is 9.59 Å². The van der Waals surface area contributed by atoms with Gasteiger partial charge in [-0.1, -0.05) is 0 Å². The molecule has 0 bridgehead atoms. The van der Waals surface area contributed by atoms with Gasteiger partial charge in [0.05, 0.1) is 7.11 Å². The zero-order valence-corrected chi connectivity index (χ0v) is 13.2. The highest BCUT2D eigenvalue weighted by molar-refractivity contribution is 6.15. The Morgan fingerprint density at radius 3 is 2.43 bits per heavy atom. The van der Waals surface area contributed by atoms with Crippen LogP contribution in [0.4, 0.5) is 5.69 Å². The average molecular weight is 321 g/mol. The first kappa shape index (κ1) is 16.8. The first-order chi connectivity index (χ1) is 10.8. The molecule has 0 aromatic heterocycles. The molecule has 0 amide bonds. The van der Waals surface area contributed by atoms with Crippen LogP contribution in [0.15, 0.2) is 30.0 Å². The summed E-state index contributed by atoms with van der Waals surface area (Å²) in [5.74, 6) is -2.18. The Morgan fingerprint density at radius 1 is 1.22 bits per heavy atom. The predicted octanol–water partition coefficient (Wildman–Crippen LogP) is 1.36. The Kier molecular flexibility index (Phi) is 4.90. The number of carbonyl (C=O) groups excluding carboxylic acids is 2. The second-order valence-corrected chi connectivity index (χ2v) is 5.42. The van der Waals surface area contributed by atoms with Crippen LogP contribution in [0, 0.1) is 0 Å². The van der Waals surface area contributed by atoms with Gasteiger partial charge in [0.2, 0.25) is 0 Å². The quantitative estimate of drug-likeness (QED) is 0.480. The van der Waals surface area contributed by atoms with Gasteiger partial charge < -0.3 is 24.6 Å². The van der Waals surface area contributed by atoms with Gasteiger partial charge >= 0.3 is 11.9 Å². The van der Waals surface area contributed by atoms with Crippen molar-refractivity contribution in [2.24, 2.45) is 0 Å². The summed E-state index contributed by atoms with van der Waals surface area (Å²) in [4.78, 5) is 23.7. The molecule has 124 valence electrons. The number of hydrogen-bond donors (Lipinski definition) is 2. The maximum Gasteiger partial charge on any atom is 0.350 e. The van der Waals surface area contributed by atoms with Crippen molar-refractivity contribution in [2.75, 3.05) is 19.0 Å². The number of methoxy groups -OCH3 is 1. The van der Waals surface area contributed by atoms with Crippen LogP contribution in [0.3, 0.4) is 0 Å². The number of carbonyl (C=O) groups is 2. The number of anilines is 1. The second kappa shape index (κ2) is 6.70. The number of ether oxygens (including phenoxy) is 3. The van der Waals surface area contributed by atoms with Gasteiger partial charge in [0.1, 0.15) is 5.75 Å². The maximum atomic E-state index is 11.8. The van der Waals surface area contributed by atoms with Gasteiger partial charge in [-0.05, 0) is 24.1 Å². The Bertz CT molecular complexity index is 628. The van der Waals surface area contributed by atoms with E-state index in [1.165, 1.54) is 27.2 Å². The highest BCUT2D eigenvalue weighted by Crippen LogP contribution is 2.24. The van der Waals surface area contributed by atoms with Crippen LogP contribution < -0.4 is 10.1 Å². The summed E-state index contributed by atoms with van der Waals surface area (Å²) in [5.41, 5.74) is 1.23. The Labute approximate surface area is 133 Å². The van der Waals surface area contributed by atoms with Crippen molar-refractivity contribution in [2.45, 2.75) is 26.1 Å². The van der Waals surface area contributed by atoms with Gasteiger partial charge in [-0.3, -0.25) is 0 Å². The largest absolute Gasteiger partial charge is 0.497 e. The smallest absolute Gasteiger partial charge is 0.350 e. The summed E-state index contributed by atoms with van der Waals surface area (Å²) in [6.45, 7) is 2.97. The van der Waals surface area contributed by atoms with Crippen LogP contribution in [0.5, 0.6) is 5.75 Å². The monoisotopic (exact) mass is 321 g/mol. The normalized spacial score (nSPS) is 16.4. The number of aliphatic hydroxyl groups is 1. The lowest BCUT2D eigenvalue weighted by Gasteiger charge is -2.29. The number of nitrogens with one attached hydrogen (secondary N) is 1. The molecule has 0 unspecified atom stereocenters. The van der Waals surface area contributed by atoms with E-state index in [1.807, 2.05) is 0 Å². The molecule has 1 aromatic rings. The lowest BCUT2D eigenvalue weighted by atomic mass is 10.1. The minimum Gasteiger partial charge on any atom is -0.497 e. The molecule has 1 heterocycles. The van der Waals surface area contributed by atoms with E-state index in [2.05, 4.69) is 5.32 Å². The fraction of sp³-hybridized carbons (Fsp3) is 0.375. The third kappa shape index (κ3) is 4.23. The second-order valence-electron chi connectivity index (χ2n) is 5.42. The predicted molar refractivity (Wildman–Crippen MR) is 81.8 cm³/mol. The van der Waals surface area contributed by atoms with Crippen molar-refractivity contribution < 1.29 is 28.9 Å². The number of cyclic esters (lactones) is 2. The summed E-state index contributed by atoms with van der Waals surface area (Å²) in [6.07, 6.45) is 1.69. The fourth-order valence-electron chi connectivity index (χ4n) is 2.07. The fourth-order valence-corrected chi connectivity index (χ4v) is 2.07. The van der Waals surface area contributed by atoms with Crippen molar-refractivity contribution in [3.05, 3.63) is 35.5 Å². The van der Waals surface area contributed by atoms with Crippen LogP contribution in [0.2, 0.25) is 0 Å². The van der Waals surface area contributed by atoms with Crippen molar-refractivity contribution in [3.8, 4) is 5.75 Å². The Morgan fingerprint density at radius 2 is 1.87 bits per heavy atom. The van der Waals surface area contributed by atoms with Gasteiger partial charge in [0.15, 0.2) is 5.57 Å². The highest BCUT2D eigenvalue weighted by Gasteiger charge is 2.38. The van der Waals surface area contributed by atoms with E-state index in [4.69, 9.17) is 19.3 Å². The van der Waals surface area contributed by atoms with E-state index < -0.39 is 17.7 Å². The van der Waals surface area contributed by atoms with E-state index >= 15 is 0 Å². The van der Waals surface area contributed by atoms with E-state index in [0.29, 0.717) is 17.9 Å². The van der Waals surface area contributed by atoms with Crippen molar-refractivity contribution >= 4 is 17.6 Å². The maximum absolute atomic E-state index is 11.8. The summed E-state index contributed by atoms with van der Waals surface area (Å²) in [7, 11) is 1.53. The summed E-state index contributed by atoms with van der Waals surface area (Å²) < 4.78 is 15.2. The van der Waals surface area contributed by atoms with Gasteiger partial charge in [-0.25, -0.2) is 9.59 Å². The summed E-state index contributed by atoms with van der Waals surface area (Å²) >= 11 is 0. The van der Waals surface area contributed by atoms with Crippen LogP contribution in [-0.4, -0.2) is 36.5 Å². The Hall–Kier alpha value is -2.54. The molecule has 2 rings (SSSR count). The molecule has 1 aromatic carbocycles. The minimum absolute atomic E-state index is 0.00142. The molecule has 2 N–H and O–H groups in total. The number of esters is 2. The molecule has 0 spiro atoms. The minimum atomic E-state index is -1.27. The molecule has 0 atom stereocenters. The van der Waals surface area contributed by atoms with E-state index in [0.717, 1.165) is 5.56 Å². The molecule has 1 aliphatic heterocycles. The zero-order chi connectivity index (χ0) is 17.0. The van der Waals surface area contributed by atoms with Gasteiger partial charge in [-0.2, -0.15) is 0 Å². The van der Waals surface area contributed by atoms with Crippen LogP contribution >= 0.6 is 0 Å². The molecule has 1 saturated heterocycles. The number of rotatable bonds is 5. The number of benzene rings is 1. The van der Waals surface area contributed by atoms with E-state index in [1.54, 1.807) is 18.2 Å². The molecule has 1 fully saturated rings. The van der Waals surface area contributed by atoms with Gasteiger partial charge in [-0.15, -0.1) is 0 Å². The third-order valence-electron chi connectivity index (χ3n) is 3.10. The summed E-state index contributed by atoms with van der Waals surface area (Å²) in [5, 5.41) is 11.9. The molecule has 7 heteroatoms. The third-order valence-corrected chi connectivity index (χ3v) is 3.10. The number of hydrogen-bond acceptors (Lipinski definition) is 7. The van der Waals surface area contributed by atoms with E-state index in [-0.39, 0.29) is 12.2 Å². The first-order valence-electron chi connectivity index (χ1n) is 7.07. The van der Waals surface area contributed by atoms with Gasteiger partial charge in [0.25, 0.3) is 5.79 Å². The van der Waals surface area contributed by atoms with Crippen molar-refractivity contribution in [3.63, 3.8) is 0 Å². The molecule has 7 nitrogen and oxygen atoms in total. The van der Waals surface area contributed by atoms with Crippen LogP contribution in [0.1, 0.15) is 19.4 Å².